The molecule has 0 unspecified atom stereocenters. The lowest BCUT2D eigenvalue weighted by molar-refractivity contribution is 0.730. The maximum absolute atomic E-state index is 2.27. The van der Waals surface area contributed by atoms with Crippen molar-refractivity contribution < 1.29 is 0 Å². The average Bonchev–Trinajstić information content (AvgIpc) is 1.61. The third-order valence-electron chi connectivity index (χ3n) is 1.14. The highest BCUT2D eigenvalue weighted by Crippen LogP contribution is 1.98. The molecule has 0 saturated heterocycles. The molecule has 0 aliphatic rings. The van der Waals surface area contributed by atoms with Crippen molar-refractivity contribution in [1.29, 1.82) is 0 Å². The van der Waals surface area contributed by atoms with Crippen molar-refractivity contribution >= 4 is 7.28 Å². The van der Waals surface area contributed by atoms with Gasteiger partial charge in [-0.15, -0.1) is 0 Å². The highest BCUT2D eigenvalue weighted by Gasteiger charge is 1.90. The van der Waals surface area contributed by atoms with E-state index in [1.807, 2.05) is 0 Å². The number of rotatable bonds is 3. The van der Waals surface area contributed by atoms with Crippen LogP contribution in [-0.4, -0.2) is 7.28 Å². The molecule has 42 valence electrons. The second-order valence-electron chi connectivity index (χ2n) is 2.54. The zero-order valence-electron chi connectivity index (χ0n) is 5.70. The van der Waals surface area contributed by atoms with Crippen molar-refractivity contribution in [3.63, 3.8) is 0 Å². The normalized spacial score (nSPS) is 9.71. The molecule has 0 atom stereocenters. The standard InChI is InChI=1S/C6H15B/c1-4-7-5-6(2)3/h6-7H,4-5H2,1-3H3. The topological polar surface area (TPSA) is 0 Å². The Hall–Kier alpha value is 0.0649. The fraction of sp³-hybridized carbons (Fsp3) is 1.00. The van der Waals surface area contributed by atoms with Crippen LogP contribution in [-0.2, 0) is 0 Å². The molecule has 0 aliphatic carbocycles. The van der Waals surface area contributed by atoms with E-state index in [0.717, 1.165) is 5.92 Å². The van der Waals surface area contributed by atoms with E-state index in [0.29, 0.717) is 0 Å². The van der Waals surface area contributed by atoms with Crippen molar-refractivity contribution in [2.75, 3.05) is 0 Å². The highest BCUT2D eigenvalue weighted by molar-refractivity contribution is 6.35. The van der Waals surface area contributed by atoms with Gasteiger partial charge in [-0.1, -0.05) is 39.3 Å². The van der Waals surface area contributed by atoms with E-state index in [4.69, 9.17) is 0 Å². The van der Waals surface area contributed by atoms with Crippen molar-refractivity contribution in [1.82, 2.24) is 0 Å². The van der Waals surface area contributed by atoms with E-state index in [1.54, 1.807) is 0 Å². The SMILES string of the molecule is CCBCC(C)C. The molecular formula is C6H15B. The number of hydrogen-bond donors (Lipinski definition) is 0. The Morgan fingerprint density at radius 1 is 1.43 bits per heavy atom. The van der Waals surface area contributed by atoms with Crippen LogP contribution in [0.4, 0.5) is 0 Å². The van der Waals surface area contributed by atoms with Gasteiger partial charge < -0.3 is 0 Å². The molecule has 0 amide bonds. The second-order valence-corrected chi connectivity index (χ2v) is 2.54. The van der Waals surface area contributed by atoms with Gasteiger partial charge in [0.15, 0.2) is 0 Å². The van der Waals surface area contributed by atoms with Crippen LogP contribution in [0.25, 0.3) is 0 Å². The van der Waals surface area contributed by atoms with Gasteiger partial charge >= 0.3 is 0 Å². The summed E-state index contributed by atoms with van der Waals surface area (Å²) in [4.78, 5) is 0. The predicted octanol–water partition coefficient (Wildman–Crippen LogP) is 1.94. The maximum Gasteiger partial charge on any atom is 0.120 e. The van der Waals surface area contributed by atoms with Crippen LogP contribution in [0.3, 0.4) is 0 Å². The molecule has 0 heterocycles. The fourth-order valence-corrected chi connectivity index (χ4v) is 0.612. The van der Waals surface area contributed by atoms with Gasteiger partial charge in [0, 0.05) is 0 Å². The molecule has 0 aliphatic heterocycles. The Bertz CT molecular complexity index is 33.2. The van der Waals surface area contributed by atoms with Gasteiger partial charge in [-0.3, -0.25) is 0 Å². The molecular weight excluding hydrogens is 82.9 g/mol. The van der Waals surface area contributed by atoms with Gasteiger partial charge in [-0.05, 0) is 0 Å². The summed E-state index contributed by atoms with van der Waals surface area (Å²) in [6.45, 7) is 6.79. The summed E-state index contributed by atoms with van der Waals surface area (Å²) in [5, 5.41) is 0. The van der Waals surface area contributed by atoms with Crippen molar-refractivity contribution in [3.8, 4) is 0 Å². The summed E-state index contributed by atoms with van der Waals surface area (Å²) < 4.78 is 0. The second kappa shape index (κ2) is 4.23. The molecule has 7 heavy (non-hydrogen) atoms. The molecule has 0 N–H and O–H groups in total. The van der Waals surface area contributed by atoms with E-state index in [-0.39, 0.29) is 0 Å². The molecule has 0 saturated carbocycles. The lowest BCUT2D eigenvalue weighted by Crippen LogP contribution is -1.92. The van der Waals surface area contributed by atoms with Crippen LogP contribution in [0.1, 0.15) is 20.8 Å². The third kappa shape index (κ3) is 6.06. The summed E-state index contributed by atoms with van der Waals surface area (Å²) in [5.74, 6) is 0.903. The molecule has 0 aromatic rings. The molecule has 0 fully saturated rings. The van der Waals surface area contributed by atoms with Crippen LogP contribution in [0, 0.1) is 5.92 Å². The van der Waals surface area contributed by atoms with Gasteiger partial charge in [0.25, 0.3) is 0 Å². The first-order chi connectivity index (χ1) is 3.27. The largest absolute Gasteiger partial charge is 0.120 e. The molecule has 0 nitrogen and oxygen atoms in total. The zero-order chi connectivity index (χ0) is 5.70. The molecule has 0 spiro atoms. The fourth-order valence-electron chi connectivity index (χ4n) is 0.612. The minimum absolute atomic E-state index is 0.903. The van der Waals surface area contributed by atoms with Crippen molar-refractivity contribution in [2.24, 2.45) is 5.92 Å². The zero-order valence-corrected chi connectivity index (χ0v) is 5.70. The van der Waals surface area contributed by atoms with E-state index in [9.17, 15) is 0 Å². The summed E-state index contributed by atoms with van der Waals surface area (Å²) in [5.41, 5.74) is 0. The van der Waals surface area contributed by atoms with E-state index in [1.165, 1.54) is 19.9 Å². The Labute approximate surface area is 47.6 Å². The van der Waals surface area contributed by atoms with Crippen LogP contribution < -0.4 is 0 Å². The Kier molecular flexibility index (Phi) is 4.27. The predicted molar refractivity (Wildman–Crippen MR) is 37.3 cm³/mol. The number of hydrogen-bond acceptors (Lipinski definition) is 0. The Morgan fingerprint density at radius 2 is 2.00 bits per heavy atom. The monoisotopic (exact) mass is 98.1 g/mol. The molecule has 0 aromatic carbocycles. The van der Waals surface area contributed by atoms with Crippen LogP contribution in [0.2, 0.25) is 12.6 Å². The van der Waals surface area contributed by atoms with Gasteiger partial charge in [-0.2, -0.15) is 0 Å². The van der Waals surface area contributed by atoms with Crippen molar-refractivity contribution in [3.05, 3.63) is 0 Å². The summed E-state index contributed by atoms with van der Waals surface area (Å²) in [6, 6.07) is 0. The first kappa shape index (κ1) is 7.06. The summed E-state index contributed by atoms with van der Waals surface area (Å²) >= 11 is 0. The highest BCUT2D eigenvalue weighted by atomic mass is 13.8. The lowest BCUT2D eigenvalue weighted by atomic mass is 9.68. The van der Waals surface area contributed by atoms with Gasteiger partial charge in [0.1, 0.15) is 7.28 Å². The molecule has 0 bridgehead atoms. The minimum atomic E-state index is 0.903. The molecule has 0 rings (SSSR count). The van der Waals surface area contributed by atoms with Gasteiger partial charge in [0.2, 0.25) is 0 Å². The smallest absolute Gasteiger partial charge is 0.0803 e. The van der Waals surface area contributed by atoms with E-state index < -0.39 is 0 Å². The van der Waals surface area contributed by atoms with Crippen molar-refractivity contribution in [2.45, 2.75) is 33.4 Å². The quantitative estimate of drug-likeness (QED) is 0.473. The van der Waals surface area contributed by atoms with Crippen LogP contribution in [0.15, 0.2) is 0 Å². The van der Waals surface area contributed by atoms with E-state index in [2.05, 4.69) is 20.8 Å². The van der Waals surface area contributed by atoms with Crippen LogP contribution >= 0.6 is 0 Å². The first-order valence-electron chi connectivity index (χ1n) is 3.27. The summed E-state index contributed by atoms with van der Waals surface area (Å²) in [6.07, 6.45) is 2.74. The average molecular weight is 98.0 g/mol. The lowest BCUT2D eigenvalue weighted by Gasteiger charge is -1.97. The molecule has 0 radical (unpaired) electrons. The Balaban J connectivity index is 2.68. The Morgan fingerprint density at radius 3 is 2.14 bits per heavy atom. The first-order valence-corrected chi connectivity index (χ1v) is 3.27. The van der Waals surface area contributed by atoms with Gasteiger partial charge in [-0.25, -0.2) is 0 Å². The van der Waals surface area contributed by atoms with E-state index >= 15 is 0 Å². The molecule has 0 aromatic heterocycles. The van der Waals surface area contributed by atoms with Gasteiger partial charge in [0.05, 0.1) is 0 Å². The van der Waals surface area contributed by atoms with Crippen LogP contribution in [0.5, 0.6) is 0 Å². The molecule has 1 heteroatoms. The maximum atomic E-state index is 2.27. The minimum Gasteiger partial charge on any atom is -0.0803 e. The third-order valence-corrected chi connectivity index (χ3v) is 1.14. The summed E-state index contributed by atoms with van der Waals surface area (Å²) in [7, 11) is 1.40.